The third-order valence-electron chi connectivity index (χ3n) is 3.62. The van der Waals surface area contributed by atoms with E-state index in [4.69, 9.17) is 16.3 Å². The molecule has 0 aromatic rings. The van der Waals surface area contributed by atoms with Crippen LogP contribution in [0.25, 0.3) is 0 Å². The van der Waals surface area contributed by atoms with Gasteiger partial charge in [-0.15, -0.1) is 11.6 Å². The highest BCUT2D eigenvalue weighted by atomic mass is 35.5. The largest absolute Gasteiger partial charge is 0.377 e. The van der Waals surface area contributed by atoms with Crippen molar-refractivity contribution in [1.29, 1.82) is 0 Å². The van der Waals surface area contributed by atoms with Gasteiger partial charge in [0.2, 0.25) is 0 Å². The van der Waals surface area contributed by atoms with Crippen LogP contribution < -0.4 is 0 Å². The van der Waals surface area contributed by atoms with Gasteiger partial charge in [0.25, 0.3) is 0 Å². The lowest BCUT2D eigenvalue weighted by Gasteiger charge is -2.32. The molecule has 1 nitrogen and oxygen atoms in total. The van der Waals surface area contributed by atoms with Crippen molar-refractivity contribution in [2.45, 2.75) is 31.8 Å². The summed E-state index contributed by atoms with van der Waals surface area (Å²) in [5.74, 6) is 2.84. The second-order valence-electron chi connectivity index (χ2n) is 4.62. The summed E-state index contributed by atoms with van der Waals surface area (Å²) in [7, 11) is 0. The first-order valence-electron chi connectivity index (χ1n) is 5.49. The van der Waals surface area contributed by atoms with Crippen LogP contribution in [0.1, 0.15) is 25.7 Å². The van der Waals surface area contributed by atoms with Gasteiger partial charge in [-0.05, 0) is 43.6 Å². The van der Waals surface area contributed by atoms with E-state index in [1.165, 1.54) is 31.4 Å². The van der Waals surface area contributed by atoms with Crippen molar-refractivity contribution in [2.24, 2.45) is 11.3 Å². The number of hydrogen-bond acceptors (Lipinski definition) is 2. The Hall–Kier alpha value is 0.600. The lowest BCUT2D eigenvalue weighted by atomic mass is 9.78. The van der Waals surface area contributed by atoms with Gasteiger partial charge in [-0.25, -0.2) is 0 Å². The second kappa shape index (κ2) is 4.63. The Morgan fingerprint density at radius 3 is 2.86 bits per heavy atom. The van der Waals surface area contributed by atoms with Gasteiger partial charge in [0.05, 0.1) is 6.10 Å². The molecule has 0 aromatic carbocycles. The third kappa shape index (κ3) is 2.07. The molecule has 2 fully saturated rings. The van der Waals surface area contributed by atoms with E-state index in [9.17, 15) is 0 Å². The predicted molar refractivity (Wildman–Crippen MR) is 63.2 cm³/mol. The predicted octanol–water partition coefficient (Wildman–Crippen LogP) is 3.16. The number of hydrogen-bond donors (Lipinski definition) is 0. The van der Waals surface area contributed by atoms with E-state index in [2.05, 4.69) is 6.26 Å². The molecule has 1 saturated heterocycles. The average molecular weight is 235 g/mol. The maximum absolute atomic E-state index is 6.18. The van der Waals surface area contributed by atoms with Crippen LogP contribution in [0, 0.1) is 11.3 Å². The fraction of sp³-hybridized carbons (Fsp3) is 1.00. The van der Waals surface area contributed by atoms with Gasteiger partial charge in [-0.1, -0.05) is 0 Å². The van der Waals surface area contributed by atoms with Crippen LogP contribution in [0.5, 0.6) is 0 Å². The van der Waals surface area contributed by atoms with Crippen molar-refractivity contribution >= 4 is 23.4 Å². The van der Waals surface area contributed by atoms with Crippen molar-refractivity contribution in [2.75, 3.05) is 24.5 Å². The fourth-order valence-corrected chi connectivity index (χ4v) is 3.56. The molecule has 82 valence electrons. The Balaban J connectivity index is 1.99. The van der Waals surface area contributed by atoms with Gasteiger partial charge in [0, 0.05) is 17.9 Å². The van der Waals surface area contributed by atoms with Gasteiger partial charge in [-0.3, -0.25) is 0 Å². The Kier molecular flexibility index (Phi) is 3.67. The lowest BCUT2D eigenvalue weighted by Crippen LogP contribution is -2.35. The van der Waals surface area contributed by atoms with E-state index in [1.54, 1.807) is 0 Å². The minimum absolute atomic E-state index is 0.311. The minimum atomic E-state index is 0.311. The molecule has 0 radical (unpaired) electrons. The molecule has 1 aliphatic carbocycles. The summed E-state index contributed by atoms with van der Waals surface area (Å²) < 4.78 is 5.89. The molecule has 0 spiro atoms. The summed E-state index contributed by atoms with van der Waals surface area (Å²) >= 11 is 8.10. The van der Waals surface area contributed by atoms with Crippen LogP contribution in [-0.2, 0) is 4.74 Å². The molecule has 14 heavy (non-hydrogen) atoms. The molecular weight excluding hydrogens is 216 g/mol. The zero-order chi connectivity index (χ0) is 10.0. The SMILES string of the molecule is CSCCC1(CCl)CCOC1C1CC1. The van der Waals surface area contributed by atoms with Crippen LogP contribution in [0.2, 0.25) is 0 Å². The first-order valence-corrected chi connectivity index (χ1v) is 7.42. The number of halogens is 1. The Labute approximate surface area is 95.9 Å². The van der Waals surface area contributed by atoms with E-state index in [1.807, 2.05) is 11.8 Å². The molecule has 0 amide bonds. The van der Waals surface area contributed by atoms with Crippen LogP contribution >= 0.6 is 23.4 Å². The summed E-state index contributed by atoms with van der Waals surface area (Å²) in [5, 5.41) is 0. The highest BCUT2D eigenvalue weighted by molar-refractivity contribution is 7.98. The summed E-state index contributed by atoms with van der Waals surface area (Å²) in [6.07, 6.45) is 7.79. The fourth-order valence-electron chi connectivity index (χ4n) is 2.53. The zero-order valence-electron chi connectivity index (χ0n) is 8.80. The number of rotatable bonds is 5. The van der Waals surface area contributed by atoms with Crippen LogP contribution in [0.3, 0.4) is 0 Å². The lowest BCUT2D eigenvalue weighted by molar-refractivity contribution is 0.0391. The summed E-state index contributed by atoms with van der Waals surface area (Å²) in [5.41, 5.74) is 0.311. The van der Waals surface area contributed by atoms with Crippen molar-refractivity contribution in [1.82, 2.24) is 0 Å². The van der Waals surface area contributed by atoms with Crippen molar-refractivity contribution in [3.05, 3.63) is 0 Å². The van der Waals surface area contributed by atoms with Crippen molar-refractivity contribution in [3.63, 3.8) is 0 Å². The van der Waals surface area contributed by atoms with E-state index in [0.29, 0.717) is 11.5 Å². The van der Waals surface area contributed by atoms with E-state index < -0.39 is 0 Å². The van der Waals surface area contributed by atoms with Gasteiger partial charge in [0.15, 0.2) is 0 Å². The van der Waals surface area contributed by atoms with Gasteiger partial charge in [0.1, 0.15) is 0 Å². The third-order valence-corrected chi connectivity index (χ3v) is 4.77. The molecule has 2 aliphatic rings. The molecule has 1 aliphatic heterocycles. The maximum atomic E-state index is 6.18. The molecule has 3 heteroatoms. The first kappa shape index (κ1) is 11.1. The number of thioether (sulfide) groups is 1. The molecule has 1 heterocycles. The topological polar surface area (TPSA) is 9.23 Å². The van der Waals surface area contributed by atoms with Crippen molar-refractivity contribution in [3.8, 4) is 0 Å². The van der Waals surface area contributed by atoms with Crippen LogP contribution in [0.4, 0.5) is 0 Å². The highest BCUT2D eigenvalue weighted by Crippen LogP contribution is 2.50. The van der Waals surface area contributed by atoms with Crippen LogP contribution in [-0.4, -0.2) is 30.6 Å². The summed E-state index contributed by atoms with van der Waals surface area (Å²) in [4.78, 5) is 0. The molecule has 0 aromatic heterocycles. The first-order chi connectivity index (χ1) is 6.82. The van der Waals surface area contributed by atoms with E-state index >= 15 is 0 Å². The molecule has 2 atom stereocenters. The summed E-state index contributed by atoms with van der Waals surface area (Å²) in [6.45, 7) is 0.933. The standard InChI is InChI=1S/C11H19ClOS/c1-14-7-5-11(8-12)4-6-13-10(11)9-2-3-9/h9-10H,2-8H2,1H3. The zero-order valence-corrected chi connectivity index (χ0v) is 10.4. The molecule has 2 unspecified atom stereocenters. The Morgan fingerprint density at radius 2 is 2.29 bits per heavy atom. The molecule has 0 bridgehead atoms. The maximum Gasteiger partial charge on any atom is 0.0671 e. The molecule has 2 rings (SSSR count). The van der Waals surface area contributed by atoms with Gasteiger partial charge >= 0.3 is 0 Å². The van der Waals surface area contributed by atoms with Gasteiger partial charge in [-0.2, -0.15) is 11.8 Å². The molecule has 1 saturated carbocycles. The number of ether oxygens (including phenoxy) is 1. The second-order valence-corrected chi connectivity index (χ2v) is 5.87. The molecular formula is C11H19ClOS. The summed E-state index contributed by atoms with van der Waals surface area (Å²) in [6, 6.07) is 0. The van der Waals surface area contributed by atoms with Gasteiger partial charge < -0.3 is 4.74 Å². The normalized spacial score (nSPS) is 37.7. The van der Waals surface area contributed by atoms with E-state index in [0.717, 1.165) is 18.4 Å². The smallest absolute Gasteiger partial charge is 0.0671 e. The molecule has 0 N–H and O–H groups in total. The average Bonchev–Trinajstić information content (AvgIpc) is 2.97. The highest BCUT2D eigenvalue weighted by Gasteiger charge is 2.49. The Bertz CT molecular complexity index is 196. The van der Waals surface area contributed by atoms with Crippen molar-refractivity contribution < 1.29 is 4.74 Å². The Morgan fingerprint density at radius 1 is 1.50 bits per heavy atom. The minimum Gasteiger partial charge on any atom is -0.377 e. The van der Waals surface area contributed by atoms with E-state index in [-0.39, 0.29) is 0 Å². The monoisotopic (exact) mass is 234 g/mol. The quantitative estimate of drug-likeness (QED) is 0.676. The van der Waals surface area contributed by atoms with Crippen LogP contribution in [0.15, 0.2) is 0 Å². The number of alkyl halides is 1.